The van der Waals surface area contributed by atoms with Gasteiger partial charge < -0.3 is 10.2 Å². The molecule has 7 heteroatoms. The molecule has 1 aromatic heterocycles. The highest BCUT2D eigenvalue weighted by Gasteiger charge is 2.14. The zero-order valence-corrected chi connectivity index (χ0v) is 12.8. The van der Waals surface area contributed by atoms with Crippen molar-refractivity contribution in [2.24, 2.45) is 5.84 Å². The van der Waals surface area contributed by atoms with Gasteiger partial charge in [0.15, 0.2) is 0 Å². The molecule has 0 saturated carbocycles. The van der Waals surface area contributed by atoms with Crippen molar-refractivity contribution in [3.8, 4) is 0 Å². The first-order chi connectivity index (χ1) is 9.19. The molecule has 19 heavy (non-hydrogen) atoms. The van der Waals surface area contributed by atoms with Crippen molar-refractivity contribution in [3.63, 3.8) is 0 Å². The smallest absolute Gasteiger partial charge is 0.239 e. The van der Waals surface area contributed by atoms with Crippen LogP contribution in [0.3, 0.4) is 0 Å². The van der Waals surface area contributed by atoms with Gasteiger partial charge in [-0.15, -0.1) is 0 Å². The first-order valence-electron chi connectivity index (χ1n) is 6.67. The summed E-state index contributed by atoms with van der Waals surface area (Å²) < 4.78 is 0.844. The molecule has 1 unspecified atom stereocenters. The molecule has 6 nitrogen and oxygen atoms in total. The molecule has 1 aliphatic rings. The second-order valence-electron chi connectivity index (χ2n) is 4.94. The van der Waals surface area contributed by atoms with E-state index in [-0.39, 0.29) is 0 Å². The Kier molecular flexibility index (Phi) is 5.35. The van der Waals surface area contributed by atoms with Crippen molar-refractivity contribution in [2.45, 2.75) is 32.2 Å². The molecule has 2 heterocycles. The summed E-state index contributed by atoms with van der Waals surface area (Å²) >= 11 is 3.44. The second kappa shape index (κ2) is 7.02. The van der Waals surface area contributed by atoms with E-state index in [0.29, 0.717) is 12.0 Å². The van der Waals surface area contributed by atoms with Crippen molar-refractivity contribution in [1.82, 2.24) is 14.9 Å². The van der Waals surface area contributed by atoms with Crippen LogP contribution in [0.2, 0.25) is 0 Å². The number of rotatable bonds is 5. The fraction of sp³-hybridized carbons (Fsp3) is 0.667. The van der Waals surface area contributed by atoms with Gasteiger partial charge in [-0.1, -0.05) is 6.42 Å². The van der Waals surface area contributed by atoms with Crippen LogP contribution in [-0.4, -0.2) is 40.5 Å². The Morgan fingerprint density at radius 2 is 2.16 bits per heavy atom. The number of aromatic nitrogens is 2. The number of likely N-dealkylation sites (tertiary alicyclic amines) is 1. The Morgan fingerprint density at radius 1 is 1.42 bits per heavy atom. The summed E-state index contributed by atoms with van der Waals surface area (Å²) in [5, 5.41) is 3.40. The van der Waals surface area contributed by atoms with Gasteiger partial charge in [0, 0.05) is 18.8 Å². The number of nitrogens with one attached hydrogen (secondary N) is 2. The Hall–Kier alpha value is -0.920. The van der Waals surface area contributed by atoms with E-state index in [9.17, 15) is 0 Å². The van der Waals surface area contributed by atoms with Crippen LogP contribution in [0.25, 0.3) is 0 Å². The average molecular weight is 329 g/mol. The van der Waals surface area contributed by atoms with E-state index >= 15 is 0 Å². The van der Waals surface area contributed by atoms with E-state index in [1.54, 1.807) is 6.20 Å². The summed E-state index contributed by atoms with van der Waals surface area (Å²) in [6.45, 7) is 5.60. The van der Waals surface area contributed by atoms with Gasteiger partial charge in [-0.3, -0.25) is 5.43 Å². The van der Waals surface area contributed by atoms with Crippen LogP contribution < -0.4 is 16.6 Å². The van der Waals surface area contributed by atoms with Crippen molar-refractivity contribution in [2.75, 3.05) is 30.4 Å². The summed E-state index contributed by atoms with van der Waals surface area (Å²) in [7, 11) is 0. The van der Waals surface area contributed by atoms with Gasteiger partial charge in [0.2, 0.25) is 5.95 Å². The molecule has 1 fully saturated rings. The molecule has 0 aromatic carbocycles. The van der Waals surface area contributed by atoms with Crippen LogP contribution in [0.4, 0.5) is 11.8 Å². The Bertz CT molecular complexity index is 407. The number of nitrogen functional groups attached to an aromatic ring is 1. The van der Waals surface area contributed by atoms with Crippen molar-refractivity contribution in [3.05, 3.63) is 10.7 Å². The number of nitrogens with two attached hydrogens (primary N) is 1. The highest BCUT2D eigenvalue weighted by Crippen LogP contribution is 2.21. The van der Waals surface area contributed by atoms with Crippen LogP contribution in [0.1, 0.15) is 26.2 Å². The Morgan fingerprint density at radius 3 is 2.84 bits per heavy atom. The molecule has 1 atom stereocenters. The summed E-state index contributed by atoms with van der Waals surface area (Å²) in [5.74, 6) is 6.51. The van der Waals surface area contributed by atoms with Gasteiger partial charge in [-0.2, -0.15) is 4.98 Å². The van der Waals surface area contributed by atoms with Crippen molar-refractivity contribution >= 4 is 27.7 Å². The predicted molar refractivity (Wildman–Crippen MR) is 80.9 cm³/mol. The van der Waals surface area contributed by atoms with E-state index in [4.69, 9.17) is 5.84 Å². The topological polar surface area (TPSA) is 79.1 Å². The lowest BCUT2D eigenvalue weighted by Crippen LogP contribution is -2.38. The largest absolute Gasteiger partial charge is 0.365 e. The summed E-state index contributed by atoms with van der Waals surface area (Å²) in [6, 6.07) is 0.329. The fourth-order valence-corrected chi connectivity index (χ4v) is 2.65. The lowest BCUT2D eigenvalue weighted by molar-refractivity contribution is 0.223. The Balaban J connectivity index is 1.92. The molecular weight excluding hydrogens is 308 g/mol. The molecule has 106 valence electrons. The zero-order valence-electron chi connectivity index (χ0n) is 11.2. The second-order valence-corrected chi connectivity index (χ2v) is 5.80. The van der Waals surface area contributed by atoms with E-state index < -0.39 is 0 Å². The van der Waals surface area contributed by atoms with Gasteiger partial charge in [-0.05, 0) is 48.8 Å². The van der Waals surface area contributed by atoms with Crippen LogP contribution in [0, 0.1) is 0 Å². The minimum Gasteiger partial charge on any atom is -0.365 e. The van der Waals surface area contributed by atoms with Crippen LogP contribution in [0.5, 0.6) is 0 Å². The molecule has 1 saturated heterocycles. The number of halogens is 1. The maximum Gasteiger partial charge on any atom is 0.239 e. The SMILES string of the molecule is CC(CN1CCCCC1)Nc1nc(NN)ncc1Br. The van der Waals surface area contributed by atoms with E-state index in [1.807, 2.05) is 0 Å². The van der Waals surface area contributed by atoms with Crippen LogP contribution >= 0.6 is 15.9 Å². The molecular formula is C12H21BrN6. The molecule has 0 bridgehead atoms. The quantitative estimate of drug-likeness (QED) is 0.565. The fourth-order valence-electron chi connectivity index (χ4n) is 2.35. The molecule has 1 aliphatic heterocycles. The predicted octanol–water partition coefficient (Wildman–Crippen LogP) is 1.81. The van der Waals surface area contributed by atoms with Crippen molar-refractivity contribution < 1.29 is 0 Å². The molecule has 2 rings (SSSR count). The number of anilines is 2. The highest BCUT2D eigenvalue weighted by molar-refractivity contribution is 9.10. The number of piperidine rings is 1. The minimum absolute atomic E-state index is 0.329. The average Bonchev–Trinajstić information content (AvgIpc) is 2.42. The number of nitrogens with zero attached hydrogens (tertiary/aromatic N) is 3. The van der Waals surface area contributed by atoms with Gasteiger partial charge in [0.1, 0.15) is 5.82 Å². The van der Waals surface area contributed by atoms with E-state index in [0.717, 1.165) is 16.8 Å². The highest BCUT2D eigenvalue weighted by atomic mass is 79.9. The standard InChI is InChI=1S/C12H21BrN6/c1-9(8-19-5-3-2-4-6-19)16-11-10(13)7-15-12(17-11)18-14/h7,9H,2-6,8,14H2,1H3,(H2,15,16,17,18). The third-order valence-corrected chi connectivity index (χ3v) is 3.82. The summed E-state index contributed by atoms with van der Waals surface area (Å²) in [5.41, 5.74) is 2.46. The lowest BCUT2D eigenvalue weighted by atomic mass is 10.1. The minimum atomic E-state index is 0.329. The molecule has 1 aromatic rings. The molecule has 0 radical (unpaired) electrons. The first-order valence-corrected chi connectivity index (χ1v) is 7.46. The number of hydrogen-bond acceptors (Lipinski definition) is 6. The molecule has 0 spiro atoms. The van der Waals surface area contributed by atoms with E-state index in [2.05, 4.69) is 48.5 Å². The van der Waals surface area contributed by atoms with Gasteiger partial charge >= 0.3 is 0 Å². The van der Waals surface area contributed by atoms with Crippen molar-refractivity contribution in [1.29, 1.82) is 0 Å². The molecule has 4 N–H and O–H groups in total. The monoisotopic (exact) mass is 328 g/mol. The number of hydrogen-bond donors (Lipinski definition) is 3. The zero-order chi connectivity index (χ0) is 13.7. The van der Waals surface area contributed by atoms with E-state index in [1.165, 1.54) is 32.4 Å². The maximum atomic E-state index is 5.32. The van der Waals surface area contributed by atoms with Gasteiger partial charge in [0.25, 0.3) is 0 Å². The molecule has 0 amide bonds. The van der Waals surface area contributed by atoms with Crippen LogP contribution in [-0.2, 0) is 0 Å². The first kappa shape index (κ1) is 14.5. The Labute approximate surface area is 122 Å². The summed E-state index contributed by atoms with van der Waals surface area (Å²) in [6.07, 6.45) is 5.68. The lowest BCUT2D eigenvalue weighted by Gasteiger charge is -2.29. The normalized spacial score (nSPS) is 18.1. The number of hydrazine groups is 1. The van der Waals surface area contributed by atoms with Gasteiger partial charge in [-0.25, -0.2) is 10.8 Å². The third-order valence-electron chi connectivity index (χ3n) is 3.24. The van der Waals surface area contributed by atoms with Crippen LogP contribution in [0.15, 0.2) is 10.7 Å². The third kappa shape index (κ3) is 4.29. The summed E-state index contributed by atoms with van der Waals surface area (Å²) in [4.78, 5) is 10.8. The van der Waals surface area contributed by atoms with Gasteiger partial charge in [0.05, 0.1) is 4.47 Å². The maximum absolute atomic E-state index is 5.32. The molecule has 0 aliphatic carbocycles.